The molecule has 2 aromatic heterocycles. The molecule has 10 heteroatoms. The van der Waals surface area contributed by atoms with Crippen molar-refractivity contribution in [1.29, 1.82) is 0 Å². The number of carbonyl (C=O) groups is 3. The van der Waals surface area contributed by atoms with Crippen LogP contribution in [-0.2, 0) is 27.2 Å². The first-order valence-electron chi connectivity index (χ1n) is 17.0. The number of benzene rings is 1. The smallest absolute Gasteiger partial charge is 0.243 e. The number of aromatic nitrogens is 3. The van der Waals surface area contributed by atoms with E-state index in [2.05, 4.69) is 25.6 Å². The molecule has 1 fully saturated rings. The molecule has 3 aromatic rings. The Kier molecular flexibility index (Phi) is 14.0. The van der Waals surface area contributed by atoms with E-state index < -0.39 is 29.5 Å². The summed E-state index contributed by atoms with van der Waals surface area (Å²) in [6.07, 6.45) is 11.7. The largest absolute Gasteiger partial charge is 0.391 e. The normalized spacial score (nSPS) is 16.5. The van der Waals surface area contributed by atoms with E-state index in [-0.39, 0.29) is 30.4 Å². The highest BCUT2D eigenvalue weighted by Gasteiger charge is 2.33. The third-order valence-electron chi connectivity index (χ3n) is 8.97. The molecule has 4 rings (SSSR count). The monoisotopic (exact) mass is 661 g/mol. The molecule has 1 saturated carbocycles. The van der Waals surface area contributed by atoms with Crippen LogP contribution in [0.3, 0.4) is 0 Å². The Hall–Kier alpha value is -3.50. The summed E-state index contributed by atoms with van der Waals surface area (Å²) in [5.74, 6) is -0.291. The molecule has 0 radical (unpaired) electrons. The van der Waals surface area contributed by atoms with Gasteiger partial charge in [-0.05, 0) is 42.9 Å². The van der Waals surface area contributed by atoms with Crippen molar-refractivity contribution in [2.24, 2.45) is 17.3 Å². The Morgan fingerprint density at radius 2 is 1.70 bits per heavy atom. The van der Waals surface area contributed by atoms with Crippen LogP contribution in [0.15, 0.2) is 72.3 Å². The Morgan fingerprint density at radius 1 is 0.957 bits per heavy atom. The molecule has 9 nitrogen and oxygen atoms in total. The number of thioether (sulfide) groups is 1. The number of carbonyl (C=O) groups excluding carboxylic acids is 3. The van der Waals surface area contributed by atoms with E-state index in [1.54, 1.807) is 30.5 Å². The quantitative estimate of drug-likeness (QED) is 0.136. The molecule has 2 heterocycles. The average Bonchev–Trinajstić information content (AvgIpc) is 3.58. The van der Waals surface area contributed by atoms with Crippen molar-refractivity contribution in [1.82, 2.24) is 25.6 Å². The lowest BCUT2D eigenvalue weighted by atomic mass is 9.82. The van der Waals surface area contributed by atoms with Crippen LogP contribution in [0, 0.1) is 17.3 Å². The number of amides is 2. The van der Waals surface area contributed by atoms with Gasteiger partial charge in [-0.15, -0.1) is 11.8 Å². The molecule has 0 spiro atoms. The molecule has 1 aromatic carbocycles. The number of H-pyrrole nitrogens is 1. The van der Waals surface area contributed by atoms with Crippen LogP contribution in [0.5, 0.6) is 0 Å². The third kappa shape index (κ3) is 12.2. The van der Waals surface area contributed by atoms with E-state index in [0.717, 1.165) is 36.3 Å². The minimum Gasteiger partial charge on any atom is -0.391 e. The van der Waals surface area contributed by atoms with Crippen LogP contribution < -0.4 is 10.6 Å². The Balaban J connectivity index is 1.50. The minimum atomic E-state index is -0.933. The van der Waals surface area contributed by atoms with E-state index in [1.807, 2.05) is 69.3 Å². The summed E-state index contributed by atoms with van der Waals surface area (Å²) in [7, 11) is 0. The topological polar surface area (TPSA) is 137 Å². The van der Waals surface area contributed by atoms with Crippen molar-refractivity contribution < 1.29 is 19.5 Å². The SMILES string of the molecule is CC(C)(C)C(=O)CC(Cc1ccccc1)C(=O)N[C@@H](Cc1c[nH]cn1)C(=O)N[C@@H](CC1CCCCC1)[C@@H](O)CCSc1ccccn1. The van der Waals surface area contributed by atoms with Crippen LogP contribution in [0.25, 0.3) is 0 Å². The Morgan fingerprint density at radius 3 is 2.36 bits per heavy atom. The second-order valence-electron chi connectivity index (χ2n) is 13.8. The number of nitrogens with one attached hydrogen (secondary N) is 3. The fourth-order valence-electron chi connectivity index (χ4n) is 6.09. The third-order valence-corrected chi connectivity index (χ3v) is 9.95. The number of imidazole rings is 1. The van der Waals surface area contributed by atoms with Gasteiger partial charge in [0.25, 0.3) is 0 Å². The predicted octanol–water partition coefficient (Wildman–Crippen LogP) is 5.69. The summed E-state index contributed by atoms with van der Waals surface area (Å²) < 4.78 is 0. The van der Waals surface area contributed by atoms with Gasteiger partial charge in [0, 0.05) is 42.3 Å². The number of ketones is 1. The summed E-state index contributed by atoms with van der Waals surface area (Å²) >= 11 is 1.58. The van der Waals surface area contributed by atoms with Crippen LogP contribution >= 0.6 is 11.8 Å². The zero-order valence-corrected chi connectivity index (χ0v) is 28.8. The average molecular weight is 662 g/mol. The maximum absolute atomic E-state index is 14.1. The van der Waals surface area contributed by atoms with Gasteiger partial charge in [-0.1, -0.05) is 89.3 Å². The van der Waals surface area contributed by atoms with Crippen molar-refractivity contribution in [2.75, 3.05) is 5.75 Å². The number of rotatable bonds is 17. The van der Waals surface area contributed by atoms with Crippen LogP contribution in [-0.4, -0.2) is 61.6 Å². The van der Waals surface area contributed by atoms with Crippen molar-refractivity contribution >= 4 is 29.4 Å². The number of hydrogen-bond acceptors (Lipinski definition) is 7. The fraction of sp³-hybridized carbons (Fsp3) is 0.541. The number of pyridine rings is 1. The summed E-state index contributed by atoms with van der Waals surface area (Å²) in [6.45, 7) is 5.56. The van der Waals surface area contributed by atoms with E-state index in [9.17, 15) is 19.5 Å². The molecule has 1 aliphatic carbocycles. The van der Waals surface area contributed by atoms with Gasteiger partial charge in [-0.25, -0.2) is 9.97 Å². The minimum absolute atomic E-state index is 0.0128. The molecule has 47 heavy (non-hydrogen) atoms. The molecule has 4 atom stereocenters. The van der Waals surface area contributed by atoms with Crippen molar-refractivity contribution in [3.05, 3.63) is 78.5 Å². The van der Waals surface area contributed by atoms with Crippen LogP contribution in [0.2, 0.25) is 0 Å². The van der Waals surface area contributed by atoms with E-state index in [4.69, 9.17) is 0 Å². The number of aliphatic hydroxyl groups excluding tert-OH is 1. The van der Waals surface area contributed by atoms with E-state index in [1.165, 1.54) is 6.42 Å². The number of aliphatic hydroxyl groups is 1. The van der Waals surface area contributed by atoms with E-state index >= 15 is 0 Å². The maximum Gasteiger partial charge on any atom is 0.243 e. The maximum atomic E-state index is 14.1. The lowest BCUT2D eigenvalue weighted by Crippen LogP contribution is -2.55. The lowest BCUT2D eigenvalue weighted by Gasteiger charge is -2.32. The highest BCUT2D eigenvalue weighted by atomic mass is 32.2. The molecule has 0 aliphatic heterocycles. The highest BCUT2D eigenvalue weighted by molar-refractivity contribution is 7.99. The number of Topliss-reactive ketones (excluding diaryl/α,β-unsaturated/α-hetero) is 1. The van der Waals surface area contributed by atoms with E-state index in [0.29, 0.717) is 36.6 Å². The van der Waals surface area contributed by atoms with Crippen molar-refractivity contribution in [2.45, 2.75) is 108 Å². The summed E-state index contributed by atoms with van der Waals surface area (Å²) in [6, 6.07) is 14.0. The fourth-order valence-corrected chi connectivity index (χ4v) is 6.97. The molecule has 4 N–H and O–H groups in total. The summed E-state index contributed by atoms with van der Waals surface area (Å²) in [4.78, 5) is 52.7. The first-order valence-corrected chi connectivity index (χ1v) is 17.9. The zero-order valence-electron chi connectivity index (χ0n) is 28.0. The molecule has 254 valence electrons. The van der Waals surface area contributed by atoms with Crippen LogP contribution in [0.1, 0.15) is 83.4 Å². The van der Waals surface area contributed by atoms with Gasteiger partial charge < -0.3 is 20.7 Å². The first kappa shape index (κ1) is 36.3. The highest BCUT2D eigenvalue weighted by Crippen LogP contribution is 2.29. The van der Waals surface area contributed by atoms with Crippen molar-refractivity contribution in [3.8, 4) is 0 Å². The van der Waals surface area contributed by atoms with Crippen LogP contribution in [0.4, 0.5) is 0 Å². The van der Waals surface area contributed by atoms with Crippen molar-refractivity contribution in [3.63, 3.8) is 0 Å². The standard InChI is InChI=1S/C37H51N5O4S/c1-37(2,3)33(44)22-28(20-26-12-6-4-7-13-26)35(45)42-31(23-29-24-38-25-40-29)36(46)41-30(21-27-14-8-5-9-15-27)32(43)17-19-47-34-16-10-11-18-39-34/h4,6-7,10-13,16,18,24-25,27-28,30-32,43H,5,8-9,14-15,17,19-23H2,1-3H3,(H,38,40)(H,41,46)(H,42,45)/t28?,30-,31-,32-/m0/s1. The number of nitrogens with zero attached hydrogens (tertiary/aromatic N) is 2. The Labute approximate surface area is 283 Å². The number of hydrogen-bond donors (Lipinski definition) is 4. The predicted molar refractivity (Wildman–Crippen MR) is 186 cm³/mol. The summed E-state index contributed by atoms with van der Waals surface area (Å²) in [5, 5.41) is 18.5. The molecule has 0 bridgehead atoms. The zero-order chi connectivity index (χ0) is 33.6. The molecule has 1 aliphatic rings. The van der Waals surface area contributed by atoms with Gasteiger partial charge in [-0.3, -0.25) is 14.4 Å². The molecular formula is C37H51N5O4S. The second kappa shape index (κ2) is 18.2. The Bertz CT molecular complexity index is 1370. The number of aromatic amines is 1. The molecule has 1 unspecified atom stereocenters. The van der Waals surface area contributed by atoms with Gasteiger partial charge in [-0.2, -0.15) is 0 Å². The van der Waals surface area contributed by atoms with Gasteiger partial charge in [0.1, 0.15) is 11.8 Å². The molecular weight excluding hydrogens is 611 g/mol. The second-order valence-corrected chi connectivity index (χ2v) is 14.9. The van der Waals surface area contributed by atoms with Gasteiger partial charge in [0.15, 0.2) is 0 Å². The first-order chi connectivity index (χ1) is 22.6. The summed E-state index contributed by atoms with van der Waals surface area (Å²) in [5.41, 5.74) is 0.979. The lowest BCUT2D eigenvalue weighted by molar-refractivity contribution is -0.135. The van der Waals surface area contributed by atoms with Gasteiger partial charge >= 0.3 is 0 Å². The van der Waals surface area contributed by atoms with Gasteiger partial charge in [0.2, 0.25) is 11.8 Å². The molecule has 2 amide bonds. The molecule has 0 saturated heterocycles. The van der Waals surface area contributed by atoms with Gasteiger partial charge in [0.05, 0.1) is 29.2 Å².